The second-order valence-electron chi connectivity index (χ2n) is 7.74. The first-order valence-corrected chi connectivity index (χ1v) is 10.6. The average Bonchev–Trinajstić information content (AvgIpc) is 3.38. The van der Waals surface area contributed by atoms with Crippen molar-refractivity contribution < 1.29 is 9.90 Å². The summed E-state index contributed by atoms with van der Waals surface area (Å²) in [5.74, 6) is 0.418. The van der Waals surface area contributed by atoms with E-state index in [1.807, 2.05) is 66.7 Å². The zero-order valence-electron chi connectivity index (χ0n) is 17.5. The van der Waals surface area contributed by atoms with Crippen molar-refractivity contribution in [3.05, 3.63) is 90.3 Å². The van der Waals surface area contributed by atoms with Crippen molar-refractivity contribution in [3.8, 4) is 0 Å². The van der Waals surface area contributed by atoms with E-state index in [9.17, 15) is 9.90 Å². The highest BCUT2D eigenvalue weighted by atomic mass is 16.4. The Bertz CT molecular complexity index is 1340. The summed E-state index contributed by atoms with van der Waals surface area (Å²) in [6, 6.07) is 25.9. The number of carbonyl (C=O) groups is 1. The average molecular weight is 425 g/mol. The molecule has 0 amide bonds. The summed E-state index contributed by atoms with van der Waals surface area (Å²) >= 11 is 0. The molecule has 0 bridgehead atoms. The van der Waals surface area contributed by atoms with Crippen LogP contribution in [0.15, 0.2) is 78.9 Å². The van der Waals surface area contributed by atoms with Crippen LogP contribution in [-0.2, 0) is 24.3 Å². The molecular formula is C25H23N5O2. The van der Waals surface area contributed by atoms with Crippen LogP contribution in [0.2, 0.25) is 0 Å². The number of hydrogen-bond acceptors (Lipinski definition) is 4. The van der Waals surface area contributed by atoms with Crippen LogP contribution < -0.4 is 4.90 Å². The number of H-pyrrole nitrogens is 1. The van der Waals surface area contributed by atoms with E-state index in [-0.39, 0.29) is 6.54 Å². The Morgan fingerprint density at radius 3 is 2.41 bits per heavy atom. The van der Waals surface area contributed by atoms with E-state index < -0.39 is 5.97 Å². The zero-order valence-corrected chi connectivity index (χ0v) is 17.5. The summed E-state index contributed by atoms with van der Waals surface area (Å²) < 4.78 is 2.11. The van der Waals surface area contributed by atoms with Crippen molar-refractivity contribution in [2.24, 2.45) is 0 Å². The predicted octanol–water partition coefficient (Wildman–Crippen LogP) is 4.25. The van der Waals surface area contributed by atoms with Crippen molar-refractivity contribution in [1.82, 2.24) is 19.5 Å². The van der Waals surface area contributed by atoms with E-state index in [1.54, 1.807) is 4.90 Å². The Morgan fingerprint density at radius 1 is 0.906 bits per heavy atom. The third-order valence-corrected chi connectivity index (χ3v) is 5.49. The molecule has 2 N–H and O–H groups in total. The van der Waals surface area contributed by atoms with Gasteiger partial charge in [-0.3, -0.25) is 4.79 Å². The van der Waals surface area contributed by atoms with E-state index in [2.05, 4.69) is 26.7 Å². The first-order chi connectivity index (χ1) is 15.7. The molecule has 0 atom stereocenters. The van der Waals surface area contributed by atoms with Gasteiger partial charge in [-0.25, -0.2) is 9.97 Å². The van der Waals surface area contributed by atoms with E-state index in [4.69, 9.17) is 4.98 Å². The first kappa shape index (κ1) is 19.8. The first-order valence-electron chi connectivity index (χ1n) is 10.6. The molecule has 0 spiro atoms. The molecule has 0 aliphatic carbocycles. The summed E-state index contributed by atoms with van der Waals surface area (Å²) in [6.45, 7) is 0.831. The predicted molar refractivity (Wildman–Crippen MR) is 125 cm³/mol. The smallest absolute Gasteiger partial charge is 0.323 e. The Morgan fingerprint density at radius 2 is 1.62 bits per heavy atom. The third kappa shape index (κ3) is 4.05. The number of imidazole rings is 2. The van der Waals surface area contributed by atoms with Crippen molar-refractivity contribution in [2.45, 2.75) is 19.5 Å². The van der Waals surface area contributed by atoms with Gasteiger partial charge in [0.15, 0.2) is 0 Å². The van der Waals surface area contributed by atoms with Gasteiger partial charge in [-0.1, -0.05) is 54.6 Å². The number of hydrogen-bond donors (Lipinski definition) is 2. The van der Waals surface area contributed by atoms with E-state index in [1.165, 1.54) is 5.56 Å². The summed E-state index contributed by atoms with van der Waals surface area (Å²) in [5, 5.41) is 9.63. The summed E-state index contributed by atoms with van der Waals surface area (Å²) in [6.07, 6.45) is 0.819. The molecular weight excluding hydrogens is 402 g/mol. The molecule has 7 nitrogen and oxygen atoms in total. The second-order valence-corrected chi connectivity index (χ2v) is 7.74. The lowest BCUT2D eigenvalue weighted by Crippen LogP contribution is -2.32. The van der Waals surface area contributed by atoms with Gasteiger partial charge in [-0.15, -0.1) is 0 Å². The second kappa shape index (κ2) is 8.55. The van der Waals surface area contributed by atoms with Crippen LogP contribution in [0.4, 0.5) is 5.95 Å². The highest BCUT2D eigenvalue weighted by Gasteiger charge is 2.21. The fourth-order valence-corrected chi connectivity index (χ4v) is 4.03. The molecule has 2 aromatic heterocycles. The Balaban J connectivity index is 1.53. The molecule has 0 aliphatic heterocycles. The molecule has 7 heteroatoms. The van der Waals surface area contributed by atoms with Gasteiger partial charge in [0.05, 0.1) is 28.6 Å². The minimum absolute atomic E-state index is 0.175. The van der Waals surface area contributed by atoms with Gasteiger partial charge in [0.25, 0.3) is 0 Å². The number of aliphatic carboxylic acids is 1. The van der Waals surface area contributed by atoms with E-state index in [0.29, 0.717) is 24.9 Å². The number of nitrogens with zero attached hydrogens (tertiary/aromatic N) is 4. The molecule has 5 rings (SSSR count). The van der Waals surface area contributed by atoms with Crippen LogP contribution >= 0.6 is 0 Å². The molecule has 0 radical (unpaired) electrons. The molecule has 0 saturated carbocycles. The lowest BCUT2D eigenvalue weighted by atomic mass is 10.1. The van der Waals surface area contributed by atoms with Gasteiger partial charge >= 0.3 is 5.97 Å². The fourth-order valence-electron chi connectivity index (χ4n) is 4.03. The lowest BCUT2D eigenvalue weighted by molar-refractivity contribution is -0.135. The molecule has 3 aromatic carbocycles. The Hall–Kier alpha value is -4.13. The summed E-state index contributed by atoms with van der Waals surface area (Å²) in [5.41, 5.74) is 4.83. The highest BCUT2D eigenvalue weighted by Crippen LogP contribution is 2.25. The zero-order chi connectivity index (χ0) is 21.9. The number of anilines is 1. The van der Waals surface area contributed by atoms with Gasteiger partial charge in [0.1, 0.15) is 12.4 Å². The van der Waals surface area contributed by atoms with Crippen LogP contribution in [-0.4, -0.2) is 37.1 Å². The van der Waals surface area contributed by atoms with Crippen LogP contribution in [0.5, 0.6) is 0 Å². The van der Waals surface area contributed by atoms with Crippen LogP contribution in [0, 0.1) is 0 Å². The normalized spacial score (nSPS) is 11.2. The van der Waals surface area contributed by atoms with Crippen molar-refractivity contribution in [2.75, 3.05) is 11.4 Å². The number of nitrogens with one attached hydrogen (secondary N) is 1. The third-order valence-electron chi connectivity index (χ3n) is 5.49. The monoisotopic (exact) mass is 425 g/mol. The summed E-state index contributed by atoms with van der Waals surface area (Å²) in [4.78, 5) is 26.3. The number of aromatic amines is 1. The number of rotatable bonds is 8. The highest BCUT2D eigenvalue weighted by molar-refractivity contribution is 5.80. The number of aromatic nitrogens is 4. The minimum atomic E-state index is -0.914. The quantitative estimate of drug-likeness (QED) is 0.388. The maximum Gasteiger partial charge on any atom is 0.323 e. The Kier molecular flexibility index (Phi) is 5.29. The van der Waals surface area contributed by atoms with Crippen LogP contribution in [0.1, 0.15) is 11.4 Å². The largest absolute Gasteiger partial charge is 0.480 e. The number of carboxylic acids is 1. The molecule has 0 saturated heterocycles. The SMILES string of the molecule is O=C(O)CN(Cc1nc2ccccc2[nH]1)c1nc2ccccc2n1CCc1ccccc1. The number of benzene rings is 3. The summed E-state index contributed by atoms with van der Waals surface area (Å²) in [7, 11) is 0. The van der Waals surface area contributed by atoms with Crippen molar-refractivity contribution >= 4 is 34.0 Å². The topological polar surface area (TPSA) is 87.0 Å². The number of fused-ring (bicyclic) bond motifs is 2. The van der Waals surface area contributed by atoms with E-state index >= 15 is 0 Å². The number of aryl methyl sites for hydroxylation is 2. The van der Waals surface area contributed by atoms with Gasteiger partial charge in [0, 0.05) is 6.54 Å². The molecule has 5 aromatic rings. The van der Waals surface area contributed by atoms with Crippen molar-refractivity contribution in [1.29, 1.82) is 0 Å². The molecule has 32 heavy (non-hydrogen) atoms. The maximum atomic E-state index is 11.7. The fraction of sp³-hybridized carbons (Fsp3) is 0.160. The van der Waals surface area contributed by atoms with Gasteiger partial charge in [-0.2, -0.15) is 0 Å². The number of para-hydroxylation sites is 4. The van der Waals surface area contributed by atoms with Gasteiger partial charge < -0.3 is 19.6 Å². The molecule has 160 valence electrons. The minimum Gasteiger partial charge on any atom is -0.480 e. The molecule has 0 aliphatic rings. The molecule has 0 unspecified atom stereocenters. The van der Waals surface area contributed by atoms with E-state index in [0.717, 1.165) is 28.5 Å². The number of carboxylic acid groups (broad SMARTS) is 1. The molecule has 2 heterocycles. The maximum absolute atomic E-state index is 11.7. The Labute approximate surface area is 185 Å². The van der Waals surface area contributed by atoms with Crippen molar-refractivity contribution in [3.63, 3.8) is 0 Å². The van der Waals surface area contributed by atoms with Crippen LogP contribution in [0.25, 0.3) is 22.1 Å². The lowest BCUT2D eigenvalue weighted by Gasteiger charge is -2.22. The van der Waals surface area contributed by atoms with Gasteiger partial charge in [0.2, 0.25) is 5.95 Å². The van der Waals surface area contributed by atoms with Gasteiger partial charge in [-0.05, 0) is 36.2 Å². The molecule has 0 fully saturated rings. The standard InChI is InChI=1S/C25H23N5O2/c31-24(32)17-29(16-23-26-19-10-4-5-11-20(19)27-23)25-28-21-12-6-7-13-22(21)30(25)15-14-18-8-2-1-3-9-18/h1-13H,14-17H2,(H,26,27)(H,31,32). The van der Waals surface area contributed by atoms with Crippen LogP contribution in [0.3, 0.4) is 0 Å².